The summed E-state index contributed by atoms with van der Waals surface area (Å²) in [5.74, 6) is 1.53. The molecule has 1 aromatic rings. The van der Waals surface area contributed by atoms with Gasteiger partial charge >= 0.3 is 0 Å². The van der Waals surface area contributed by atoms with Gasteiger partial charge in [-0.2, -0.15) is 4.98 Å². The molecule has 0 unspecified atom stereocenters. The summed E-state index contributed by atoms with van der Waals surface area (Å²) in [6.45, 7) is 7.44. The van der Waals surface area contributed by atoms with Crippen molar-refractivity contribution in [2.75, 3.05) is 26.2 Å². The van der Waals surface area contributed by atoms with Crippen LogP contribution in [0.1, 0.15) is 25.7 Å². The Labute approximate surface area is 96.2 Å². The van der Waals surface area contributed by atoms with Crippen LogP contribution in [0.2, 0.25) is 0 Å². The fraction of sp³-hybridized carbons (Fsp3) is 0.818. The Balaban J connectivity index is 1.80. The molecule has 0 bridgehead atoms. The minimum Gasteiger partial charge on any atom is -0.338 e. The molecular formula is C11H20N4O. The van der Waals surface area contributed by atoms with Crippen molar-refractivity contribution in [3.8, 4) is 0 Å². The first-order valence-corrected chi connectivity index (χ1v) is 6.07. The highest BCUT2D eigenvalue weighted by Gasteiger charge is 2.17. The molecule has 5 nitrogen and oxygen atoms in total. The number of hydrogen-bond donors (Lipinski definition) is 1. The SMILES string of the molecule is CCN(Cc1ncno1)CC1CCNCC1. The van der Waals surface area contributed by atoms with Gasteiger partial charge in [0, 0.05) is 6.54 Å². The molecule has 0 atom stereocenters. The standard InChI is InChI=1S/C11H20N4O/c1-2-15(8-11-13-9-14-16-11)7-10-3-5-12-6-4-10/h9-10,12H,2-8H2,1H3. The van der Waals surface area contributed by atoms with E-state index < -0.39 is 0 Å². The first-order chi connectivity index (χ1) is 7.88. The smallest absolute Gasteiger partial charge is 0.240 e. The number of piperidine rings is 1. The van der Waals surface area contributed by atoms with Crippen molar-refractivity contribution in [1.29, 1.82) is 0 Å². The molecule has 5 heteroatoms. The molecule has 1 aliphatic rings. The monoisotopic (exact) mass is 224 g/mol. The highest BCUT2D eigenvalue weighted by atomic mass is 16.5. The van der Waals surface area contributed by atoms with Crippen LogP contribution >= 0.6 is 0 Å². The lowest BCUT2D eigenvalue weighted by Crippen LogP contribution is -2.35. The maximum Gasteiger partial charge on any atom is 0.240 e. The first kappa shape index (κ1) is 11.5. The van der Waals surface area contributed by atoms with Gasteiger partial charge in [0.05, 0.1) is 6.54 Å². The Hall–Kier alpha value is -0.940. The Morgan fingerprint density at radius 3 is 2.94 bits per heavy atom. The number of aromatic nitrogens is 2. The average Bonchev–Trinajstić information content (AvgIpc) is 2.82. The zero-order chi connectivity index (χ0) is 11.2. The van der Waals surface area contributed by atoms with Gasteiger partial charge in [-0.3, -0.25) is 4.90 Å². The quantitative estimate of drug-likeness (QED) is 0.805. The van der Waals surface area contributed by atoms with E-state index in [-0.39, 0.29) is 0 Å². The first-order valence-electron chi connectivity index (χ1n) is 6.07. The highest BCUT2D eigenvalue weighted by molar-refractivity contribution is 4.77. The van der Waals surface area contributed by atoms with E-state index in [9.17, 15) is 0 Å². The predicted octanol–water partition coefficient (Wildman–Crippen LogP) is 0.891. The van der Waals surface area contributed by atoms with Crippen LogP contribution in [-0.4, -0.2) is 41.2 Å². The number of hydrogen-bond acceptors (Lipinski definition) is 5. The molecule has 1 saturated heterocycles. The Morgan fingerprint density at radius 1 is 1.50 bits per heavy atom. The molecule has 0 aromatic carbocycles. The van der Waals surface area contributed by atoms with Gasteiger partial charge in [-0.05, 0) is 38.4 Å². The van der Waals surface area contributed by atoms with Crippen molar-refractivity contribution < 1.29 is 4.52 Å². The summed E-state index contributed by atoms with van der Waals surface area (Å²) in [6, 6.07) is 0. The van der Waals surface area contributed by atoms with Crippen LogP contribution in [0.5, 0.6) is 0 Å². The van der Waals surface area contributed by atoms with Gasteiger partial charge in [-0.1, -0.05) is 12.1 Å². The predicted molar refractivity (Wildman–Crippen MR) is 60.8 cm³/mol. The molecule has 2 heterocycles. The second-order valence-electron chi connectivity index (χ2n) is 4.36. The Morgan fingerprint density at radius 2 is 2.31 bits per heavy atom. The van der Waals surface area contributed by atoms with Crippen LogP contribution in [0.3, 0.4) is 0 Å². The van der Waals surface area contributed by atoms with E-state index in [1.807, 2.05) is 0 Å². The van der Waals surface area contributed by atoms with Gasteiger partial charge < -0.3 is 9.84 Å². The molecule has 90 valence electrons. The van der Waals surface area contributed by atoms with Crippen LogP contribution in [0, 0.1) is 5.92 Å². The van der Waals surface area contributed by atoms with Gasteiger partial charge in [0.2, 0.25) is 5.89 Å². The number of nitrogens with one attached hydrogen (secondary N) is 1. The van der Waals surface area contributed by atoms with E-state index in [0.29, 0.717) is 0 Å². The van der Waals surface area contributed by atoms with Crippen molar-refractivity contribution in [3.63, 3.8) is 0 Å². The van der Waals surface area contributed by atoms with Gasteiger partial charge in [-0.25, -0.2) is 0 Å². The lowest BCUT2D eigenvalue weighted by atomic mass is 9.97. The van der Waals surface area contributed by atoms with Crippen molar-refractivity contribution in [3.05, 3.63) is 12.2 Å². The van der Waals surface area contributed by atoms with E-state index in [2.05, 4.69) is 27.3 Å². The molecular weight excluding hydrogens is 204 g/mol. The third-order valence-corrected chi connectivity index (χ3v) is 3.19. The molecule has 0 amide bonds. The zero-order valence-electron chi connectivity index (χ0n) is 9.85. The van der Waals surface area contributed by atoms with Gasteiger partial charge in [-0.15, -0.1) is 0 Å². The summed E-state index contributed by atoms with van der Waals surface area (Å²) < 4.78 is 5.04. The lowest BCUT2D eigenvalue weighted by molar-refractivity contribution is 0.185. The average molecular weight is 224 g/mol. The van der Waals surface area contributed by atoms with Gasteiger partial charge in [0.1, 0.15) is 0 Å². The van der Waals surface area contributed by atoms with E-state index in [1.54, 1.807) is 0 Å². The van der Waals surface area contributed by atoms with E-state index >= 15 is 0 Å². The third kappa shape index (κ3) is 3.28. The summed E-state index contributed by atoms with van der Waals surface area (Å²) >= 11 is 0. The maximum atomic E-state index is 5.04. The molecule has 1 fully saturated rings. The summed E-state index contributed by atoms with van der Waals surface area (Å²) in [4.78, 5) is 6.44. The summed E-state index contributed by atoms with van der Waals surface area (Å²) in [7, 11) is 0. The van der Waals surface area contributed by atoms with Crippen LogP contribution < -0.4 is 5.32 Å². The number of nitrogens with zero attached hydrogens (tertiary/aromatic N) is 3. The molecule has 16 heavy (non-hydrogen) atoms. The summed E-state index contributed by atoms with van der Waals surface area (Å²) in [5, 5.41) is 7.03. The topological polar surface area (TPSA) is 54.2 Å². The highest BCUT2D eigenvalue weighted by Crippen LogP contribution is 2.14. The second-order valence-corrected chi connectivity index (χ2v) is 4.36. The van der Waals surface area contributed by atoms with E-state index in [4.69, 9.17) is 4.52 Å². The van der Waals surface area contributed by atoms with Crippen LogP contribution in [0.25, 0.3) is 0 Å². The molecule has 0 aliphatic carbocycles. The second kappa shape index (κ2) is 5.96. The van der Waals surface area contributed by atoms with E-state index in [0.717, 1.165) is 44.5 Å². The zero-order valence-corrected chi connectivity index (χ0v) is 9.85. The molecule has 1 aromatic heterocycles. The van der Waals surface area contributed by atoms with Gasteiger partial charge in [0.25, 0.3) is 0 Å². The van der Waals surface area contributed by atoms with Crippen molar-refractivity contribution in [1.82, 2.24) is 20.4 Å². The summed E-state index contributed by atoms with van der Waals surface area (Å²) in [6.07, 6.45) is 4.02. The maximum absolute atomic E-state index is 5.04. The van der Waals surface area contributed by atoms with Crippen LogP contribution in [0.4, 0.5) is 0 Å². The normalized spacial score (nSPS) is 18.1. The lowest BCUT2D eigenvalue weighted by Gasteiger charge is -2.28. The number of rotatable bonds is 5. The van der Waals surface area contributed by atoms with Crippen LogP contribution in [-0.2, 0) is 6.54 Å². The van der Waals surface area contributed by atoms with Crippen molar-refractivity contribution in [2.24, 2.45) is 5.92 Å². The minimum absolute atomic E-state index is 0.718. The molecule has 1 aliphatic heterocycles. The molecule has 0 radical (unpaired) electrons. The summed E-state index contributed by atoms with van der Waals surface area (Å²) in [5.41, 5.74) is 0. The minimum atomic E-state index is 0.718. The molecule has 0 spiro atoms. The molecule has 0 saturated carbocycles. The van der Waals surface area contributed by atoms with Crippen molar-refractivity contribution in [2.45, 2.75) is 26.3 Å². The fourth-order valence-corrected chi connectivity index (χ4v) is 2.19. The molecule has 2 rings (SSSR count). The molecule has 1 N–H and O–H groups in total. The Kier molecular flexibility index (Phi) is 4.30. The fourth-order valence-electron chi connectivity index (χ4n) is 2.19. The van der Waals surface area contributed by atoms with Gasteiger partial charge in [0.15, 0.2) is 6.33 Å². The van der Waals surface area contributed by atoms with Crippen LogP contribution in [0.15, 0.2) is 10.9 Å². The third-order valence-electron chi connectivity index (χ3n) is 3.19. The van der Waals surface area contributed by atoms with Crippen molar-refractivity contribution >= 4 is 0 Å². The van der Waals surface area contributed by atoms with E-state index in [1.165, 1.54) is 19.2 Å². The Bertz CT molecular complexity index is 282. The largest absolute Gasteiger partial charge is 0.338 e.